The third-order valence-electron chi connectivity index (χ3n) is 3.99. The maximum Gasteiger partial charge on any atom is 0.0916 e. The van der Waals surface area contributed by atoms with Crippen molar-refractivity contribution in [1.82, 2.24) is 4.90 Å². The van der Waals surface area contributed by atoms with Gasteiger partial charge < -0.3 is 10.0 Å². The fourth-order valence-corrected chi connectivity index (χ4v) is 2.60. The van der Waals surface area contributed by atoms with E-state index in [1.165, 1.54) is 37.7 Å². The van der Waals surface area contributed by atoms with Crippen LogP contribution in [0.15, 0.2) is 24.3 Å². The zero-order valence-corrected chi connectivity index (χ0v) is 14.1. The van der Waals surface area contributed by atoms with E-state index >= 15 is 0 Å². The van der Waals surface area contributed by atoms with Crippen molar-refractivity contribution in [3.63, 3.8) is 0 Å². The van der Waals surface area contributed by atoms with Gasteiger partial charge in [-0.25, -0.2) is 0 Å². The van der Waals surface area contributed by atoms with Gasteiger partial charge in [-0.05, 0) is 43.5 Å². The van der Waals surface area contributed by atoms with Crippen LogP contribution in [0.2, 0.25) is 0 Å². The number of aliphatic hydroxyl groups is 1. The summed E-state index contributed by atoms with van der Waals surface area (Å²) in [6, 6.07) is 8.50. The van der Waals surface area contributed by atoms with Crippen molar-refractivity contribution >= 4 is 0 Å². The summed E-state index contributed by atoms with van der Waals surface area (Å²) in [5, 5.41) is 10.5. The Morgan fingerprint density at radius 3 is 1.95 bits per heavy atom. The van der Waals surface area contributed by atoms with E-state index in [0.29, 0.717) is 0 Å². The van der Waals surface area contributed by atoms with Crippen molar-refractivity contribution < 1.29 is 5.11 Å². The first-order chi connectivity index (χ1) is 10.2. The van der Waals surface area contributed by atoms with Gasteiger partial charge in [-0.15, -0.1) is 0 Å². The van der Waals surface area contributed by atoms with Gasteiger partial charge in [0.2, 0.25) is 0 Å². The number of hydrogen-bond donors (Lipinski definition) is 1. The summed E-state index contributed by atoms with van der Waals surface area (Å²) in [5.41, 5.74) is 2.41. The lowest BCUT2D eigenvalue weighted by Crippen LogP contribution is -2.30. The first kappa shape index (κ1) is 18.2. The molecule has 0 bridgehead atoms. The Balaban J connectivity index is 2.55. The molecule has 1 rings (SSSR count). The van der Waals surface area contributed by atoms with Gasteiger partial charge in [0, 0.05) is 6.54 Å². The predicted octanol–water partition coefficient (Wildman–Crippen LogP) is 4.57. The topological polar surface area (TPSA) is 23.5 Å². The minimum Gasteiger partial charge on any atom is -0.387 e. The third kappa shape index (κ3) is 7.10. The van der Waals surface area contributed by atoms with Crippen LogP contribution in [0.5, 0.6) is 0 Å². The second kappa shape index (κ2) is 10.8. The Labute approximate surface area is 131 Å². The van der Waals surface area contributed by atoms with Gasteiger partial charge in [0.15, 0.2) is 0 Å². The van der Waals surface area contributed by atoms with Crippen LogP contribution in [0.1, 0.15) is 70.1 Å². The first-order valence-corrected chi connectivity index (χ1v) is 8.70. The summed E-state index contributed by atoms with van der Waals surface area (Å²) >= 11 is 0. The van der Waals surface area contributed by atoms with E-state index in [2.05, 4.69) is 49.9 Å². The molecule has 1 unspecified atom stereocenters. The predicted molar refractivity (Wildman–Crippen MR) is 91.7 cm³/mol. The molecule has 21 heavy (non-hydrogen) atoms. The highest BCUT2D eigenvalue weighted by Gasteiger charge is 2.13. The van der Waals surface area contributed by atoms with Crippen LogP contribution in [0.3, 0.4) is 0 Å². The zero-order valence-electron chi connectivity index (χ0n) is 14.1. The maximum absolute atomic E-state index is 10.5. The summed E-state index contributed by atoms with van der Waals surface area (Å²) in [7, 11) is 0. The zero-order chi connectivity index (χ0) is 15.5. The Hall–Kier alpha value is -0.860. The molecule has 0 radical (unpaired) electrons. The van der Waals surface area contributed by atoms with Crippen molar-refractivity contribution in [2.45, 2.75) is 65.4 Å². The summed E-state index contributed by atoms with van der Waals surface area (Å²) in [4.78, 5) is 2.41. The van der Waals surface area contributed by atoms with Gasteiger partial charge in [-0.1, -0.05) is 64.3 Å². The van der Waals surface area contributed by atoms with Gasteiger partial charge in [0.05, 0.1) is 6.10 Å². The van der Waals surface area contributed by atoms with Gasteiger partial charge in [-0.3, -0.25) is 0 Å². The monoisotopic (exact) mass is 291 g/mol. The van der Waals surface area contributed by atoms with Crippen LogP contribution in [0, 0.1) is 0 Å². The van der Waals surface area contributed by atoms with Crippen LogP contribution in [0.25, 0.3) is 0 Å². The van der Waals surface area contributed by atoms with Gasteiger partial charge in [0.25, 0.3) is 0 Å². The highest BCUT2D eigenvalue weighted by molar-refractivity contribution is 5.24. The molecule has 0 amide bonds. The van der Waals surface area contributed by atoms with Crippen LogP contribution in [-0.2, 0) is 6.42 Å². The van der Waals surface area contributed by atoms with Crippen molar-refractivity contribution in [3.05, 3.63) is 35.4 Å². The molecule has 0 aliphatic heterocycles. The van der Waals surface area contributed by atoms with Crippen LogP contribution in [-0.4, -0.2) is 29.6 Å². The number of aryl methyl sites for hydroxylation is 1. The number of unbranched alkanes of at least 4 members (excludes halogenated alkanes) is 2. The molecule has 1 aromatic rings. The molecule has 1 N–H and O–H groups in total. The van der Waals surface area contributed by atoms with Crippen molar-refractivity contribution in [1.29, 1.82) is 0 Å². The highest BCUT2D eigenvalue weighted by atomic mass is 16.3. The van der Waals surface area contributed by atoms with E-state index in [1.807, 2.05) is 0 Å². The molecule has 2 heteroatoms. The van der Waals surface area contributed by atoms with Crippen molar-refractivity contribution in [2.24, 2.45) is 0 Å². The van der Waals surface area contributed by atoms with Gasteiger partial charge >= 0.3 is 0 Å². The van der Waals surface area contributed by atoms with Crippen LogP contribution < -0.4 is 0 Å². The number of benzene rings is 1. The Morgan fingerprint density at radius 1 is 0.905 bits per heavy atom. The lowest BCUT2D eigenvalue weighted by atomic mass is 10.0. The fourth-order valence-electron chi connectivity index (χ4n) is 2.60. The van der Waals surface area contributed by atoms with Crippen molar-refractivity contribution in [2.75, 3.05) is 19.6 Å². The molecule has 1 aromatic carbocycles. The lowest BCUT2D eigenvalue weighted by Gasteiger charge is -2.25. The fraction of sp³-hybridized carbons (Fsp3) is 0.684. The summed E-state index contributed by atoms with van der Waals surface area (Å²) in [6.45, 7) is 9.60. The van der Waals surface area contributed by atoms with Crippen molar-refractivity contribution in [3.8, 4) is 0 Å². The Bertz CT molecular complexity index is 352. The second-order valence-corrected chi connectivity index (χ2v) is 6.02. The molecular weight excluding hydrogens is 258 g/mol. The number of hydrogen-bond acceptors (Lipinski definition) is 2. The van der Waals surface area contributed by atoms with Crippen LogP contribution in [0.4, 0.5) is 0 Å². The summed E-state index contributed by atoms with van der Waals surface area (Å²) in [6.07, 6.45) is 6.78. The minimum absolute atomic E-state index is 0.366. The molecule has 2 nitrogen and oxygen atoms in total. The first-order valence-electron chi connectivity index (χ1n) is 8.70. The molecule has 0 aromatic heterocycles. The number of aliphatic hydroxyl groups excluding tert-OH is 1. The smallest absolute Gasteiger partial charge is 0.0916 e. The van der Waals surface area contributed by atoms with E-state index in [-0.39, 0.29) is 6.10 Å². The normalized spacial score (nSPS) is 12.8. The molecule has 1 atom stereocenters. The minimum atomic E-state index is -0.366. The van der Waals surface area contributed by atoms with E-state index in [4.69, 9.17) is 0 Å². The Morgan fingerprint density at radius 2 is 1.48 bits per heavy atom. The average Bonchev–Trinajstić information content (AvgIpc) is 2.51. The Kier molecular flexibility index (Phi) is 9.36. The molecule has 0 fully saturated rings. The number of nitrogens with zero attached hydrogens (tertiary/aromatic N) is 1. The van der Waals surface area contributed by atoms with E-state index < -0.39 is 0 Å². The second-order valence-electron chi connectivity index (χ2n) is 6.02. The highest BCUT2D eigenvalue weighted by Crippen LogP contribution is 2.17. The maximum atomic E-state index is 10.5. The van der Waals surface area contributed by atoms with Gasteiger partial charge in [0.1, 0.15) is 0 Å². The lowest BCUT2D eigenvalue weighted by molar-refractivity contribution is 0.111. The van der Waals surface area contributed by atoms with E-state index in [9.17, 15) is 5.11 Å². The summed E-state index contributed by atoms with van der Waals surface area (Å²) < 4.78 is 0. The SMILES string of the molecule is CCCCN(CCCC)CC(O)c1ccc(CCC)cc1. The molecule has 120 valence electrons. The largest absolute Gasteiger partial charge is 0.387 e. The standard InChI is InChI=1S/C19H33NO/c1-4-7-14-20(15-8-5-2)16-19(21)18-12-10-17(9-6-3)11-13-18/h10-13,19,21H,4-9,14-16H2,1-3H3. The van der Waals surface area contributed by atoms with E-state index in [1.54, 1.807) is 0 Å². The number of rotatable bonds is 11. The molecule has 0 heterocycles. The quantitative estimate of drug-likeness (QED) is 0.645. The van der Waals surface area contributed by atoms with E-state index in [0.717, 1.165) is 31.6 Å². The average molecular weight is 291 g/mol. The molecule has 0 spiro atoms. The molecule has 0 aliphatic rings. The molecule has 0 saturated carbocycles. The summed E-state index contributed by atoms with van der Waals surface area (Å²) in [5.74, 6) is 0. The van der Waals surface area contributed by atoms with Crippen LogP contribution >= 0.6 is 0 Å². The molecular formula is C19H33NO. The van der Waals surface area contributed by atoms with Gasteiger partial charge in [-0.2, -0.15) is 0 Å². The third-order valence-corrected chi connectivity index (χ3v) is 3.99. The molecule has 0 aliphatic carbocycles. The molecule has 0 saturated heterocycles.